The van der Waals surface area contributed by atoms with Gasteiger partial charge in [0.25, 0.3) is 5.91 Å². The van der Waals surface area contributed by atoms with Crippen molar-refractivity contribution < 1.29 is 19.1 Å². The quantitative estimate of drug-likeness (QED) is 0.569. The molecule has 0 atom stereocenters. The molecule has 9 heteroatoms. The summed E-state index contributed by atoms with van der Waals surface area (Å²) in [6.07, 6.45) is 7.32. The van der Waals surface area contributed by atoms with Crippen LogP contribution in [0, 0.1) is 5.82 Å². The number of aliphatic carboxylic acids is 1. The fourth-order valence-electron chi connectivity index (χ4n) is 4.76. The van der Waals surface area contributed by atoms with E-state index in [-0.39, 0.29) is 12.5 Å². The van der Waals surface area contributed by atoms with Gasteiger partial charge in [0.1, 0.15) is 11.5 Å². The van der Waals surface area contributed by atoms with Gasteiger partial charge >= 0.3 is 5.97 Å². The van der Waals surface area contributed by atoms with E-state index in [0.717, 1.165) is 30.7 Å². The van der Waals surface area contributed by atoms with Crippen LogP contribution in [0.15, 0.2) is 53.8 Å². The van der Waals surface area contributed by atoms with Gasteiger partial charge in [-0.25, -0.2) is 18.7 Å². The third kappa shape index (κ3) is 4.36. The van der Waals surface area contributed by atoms with E-state index in [2.05, 4.69) is 16.2 Å². The third-order valence-corrected chi connectivity index (χ3v) is 6.82. The van der Waals surface area contributed by atoms with Crippen LogP contribution < -0.4 is 4.90 Å². The van der Waals surface area contributed by atoms with Crippen LogP contribution in [0.2, 0.25) is 0 Å². The van der Waals surface area contributed by atoms with E-state index in [1.54, 1.807) is 44.7 Å². The molecule has 2 aliphatic rings. The SMILES string of the molecule is CCc1cc(C(=O)N2CCCCC=C2C)nc2cc(-c3ccc(N4CC=C(C(=O)O)C4)cc3F)nn12. The van der Waals surface area contributed by atoms with Gasteiger partial charge in [0, 0.05) is 41.8 Å². The summed E-state index contributed by atoms with van der Waals surface area (Å²) < 4.78 is 16.9. The van der Waals surface area contributed by atoms with Crippen molar-refractivity contribution in [2.45, 2.75) is 39.5 Å². The number of allylic oxidation sites excluding steroid dienone is 2. The Labute approximate surface area is 208 Å². The van der Waals surface area contributed by atoms with Crippen LogP contribution in [0.1, 0.15) is 49.3 Å². The molecule has 0 aliphatic carbocycles. The van der Waals surface area contributed by atoms with E-state index >= 15 is 4.39 Å². The Morgan fingerprint density at radius 2 is 1.97 bits per heavy atom. The number of aryl methyl sites for hydroxylation is 1. The van der Waals surface area contributed by atoms with Crippen LogP contribution >= 0.6 is 0 Å². The van der Waals surface area contributed by atoms with Crippen LogP contribution in [-0.2, 0) is 11.2 Å². The number of anilines is 1. The van der Waals surface area contributed by atoms with E-state index in [0.29, 0.717) is 53.4 Å². The van der Waals surface area contributed by atoms with Gasteiger partial charge in [-0.2, -0.15) is 5.10 Å². The summed E-state index contributed by atoms with van der Waals surface area (Å²) >= 11 is 0. The van der Waals surface area contributed by atoms with E-state index < -0.39 is 11.8 Å². The fourth-order valence-corrected chi connectivity index (χ4v) is 4.76. The second-order valence-corrected chi connectivity index (χ2v) is 9.16. The Morgan fingerprint density at radius 3 is 2.69 bits per heavy atom. The van der Waals surface area contributed by atoms with Crippen molar-refractivity contribution in [3.8, 4) is 11.3 Å². The Morgan fingerprint density at radius 1 is 1.14 bits per heavy atom. The van der Waals surface area contributed by atoms with Gasteiger partial charge in [-0.05, 0) is 56.9 Å². The van der Waals surface area contributed by atoms with Gasteiger partial charge < -0.3 is 14.9 Å². The molecule has 2 aliphatic heterocycles. The minimum absolute atomic E-state index is 0.138. The highest BCUT2D eigenvalue weighted by atomic mass is 19.1. The number of amides is 1. The number of rotatable bonds is 5. The number of carboxylic acids is 1. The van der Waals surface area contributed by atoms with Gasteiger partial charge in [0.05, 0.1) is 17.8 Å². The lowest BCUT2D eigenvalue weighted by Gasteiger charge is -2.21. The summed E-state index contributed by atoms with van der Waals surface area (Å²) in [4.78, 5) is 32.7. The van der Waals surface area contributed by atoms with Crippen molar-refractivity contribution in [3.63, 3.8) is 0 Å². The first-order valence-electron chi connectivity index (χ1n) is 12.2. The molecule has 0 bridgehead atoms. The maximum Gasteiger partial charge on any atom is 0.333 e. The smallest absolute Gasteiger partial charge is 0.333 e. The zero-order valence-corrected chi connectivity index (χ0v) is 20.4. The summed E-state index contributed by atoms with van der Waals surface area (Å²) in [6, 6.07) is 8.27. The standard InChI is InChI=1S/C27H28FN5O3/c1-3-19-14-24(26(34)32-11-6-4-5-7-17(32)2)29-25-15-23(30-33(19)25)21-9-8-20(13-22(21)28)31-12-10-18(16-31)27(35)36/h7-10,13-15H,3-6,11-12,16H2,1-2H3,(H,35,36). The number of nitrogens with zero attached hydrogens (tertiary/aromatic N) is 5. The first-order chi connectivity index (χ1) is 17.4. The van der Waals surface area contributed by atoms with Crippen LogP contribution in [0.3, 0.4) is 0 Å². The van der Waals surface area contributed by atoms with Crippen LogP contribution in [0.4, 0.5) is 10.1 Å². The predicted octanol–water partition coefficient (Wildman–Crippen LogP) is 4.46. The maximum atomic E-state index is 15.2. The average Bonchev–Trinajstić information content (AvgIpc) is 3.47. The molecule has 0 unspecified atom stereocenters. The predicted molar refractivity (Wildman–Crippen MR) is 134 cm³/mol. The molecule has 1 amide bonds. The maximum absolute atomic E-state index is 15.2. The van der Waals surface area contributed by atoms with Gasteiger partial charge in [-0.15, -0.1) is 0 Å². The lowest BCUT2D eigenvalue weighted by atomic mass is 10.1. The molecule has 0 saturated heterocycles. The van der Waals surface area contributed by atoms with E-state index in [4.69, 9.17) is 0 Å². The van der Waals surface area contributed by atoms with Gasteiger partial charge in [0.2, 0.25) is 0 Å². The molecule has 0 spiro atoms. The summed E-state index contributed by atoms with van der Waals surface area (Å²) in [7, 11) is 0. The van der Waals surface area contributed by atoms with Crippen molar-refractivity contribution in [2.24, 2.45) is 0 Å². The molecular formula is C27H28FN5O3. The van der Waals surface area contributed by atoms with E-state index in [9.17, 15) is 14.7 Å². The first-order valence-corrected chi connectivity index (χ1v) is 12.2. The molecule has 8 nitrogen and oxygen atoms in total. The first kappa shape index (κ1) is 23.7. The molecule has 0 fully saturated rings. The molecular weight excluding hydrogens is 461 g/mol. The molecule has 2 aromatic heterocycles. The zero-order valence-electron chi connectivity index (χ0n) is 20.4. The summed E-state index contributed by atoms with van der Waals surface area (Å²) in [5, 5.41) is 13.8. The molecule has 186 valence electrons. The lowest BCUT2D eigenvalue weighted by molar-refractivity contribution is -0.132. The molecule has 0 radical (unpaired) electrons. The number of aromatic nitrogens is 3. The largest absolute Gasteiger partial charge is 0.478 e. The molecule has 1 N–H and O–H groups in total. The monoisotopic (exact) mass is 489 g/mol. The fraction of sp³-hybridized carbons (Fsp3) is 0.333. The topological polar surface area (TPSA) is 91.0 Å². The minimum Gasteiger partial charge on any atom is -0.478 e. The average molecular weight is 490 g/mol. The number of hydrogen-bond donors (Lipinski definition) is 1. The summed E-state index contributed by atoms with van der Waals surface area (Å²) in [6.45, 7) is 5.24. The Kier molecular flexibility index (Phi) is 6.30. The molecule has 0 saturated carbocycles. The Balaban J connectivity index is 1.46. The Bertz CT molecular complexity index is 1420. The zero-order chi connectivity index (χ0) is 25.4. The number of hydrogen-bond acceptors (Lipinski definition) is 5. The minimum atomic E-state index is -0.960. The molecule has 5 rings (SSSR count). The van der Waals surface area contributed by atoms with Crippen LogP contribution in [0.5, 0.6) is 0 Å². The van der Waals surface area contributed by atoms with Crippen molar-refractivity contribution in [1.29, 1.82) is 0 Å². The van der Waals surface area contributed by atoms with Gasteiger partial charge in [-0.3, -0.25) is 4.79 Å². The third-order valence-electron chi connectivity index (χ3n) is 6.82. The summed E-state index contributed by atoms with van der Waals surface area (Å²) in [5.41, 5.74) is 4.24. The van der Waals surface area contributed by atoms with Gasteiger partial charge in [-0.1, -0.05) is 19.1 Å². The highest BCUT2D eigenvalue weighted by molar-refractivity contribution is 5.94. The second-order valence-electron chi connectivity index (χ2n) is 9.16. The van der Waals surface area contributed by atoms with Crippen LogP contribution in [-0.4, -0.2) is 56.1 Å². The summed E-state index contributed by atoms with van der Waals surface area (Å²) in [5.74, 6) is -1.56. The van der Waals surface area contributed by atoms with Crippen molar-refractivity contribution in [1.82, 2.24) is 19.5 Å². The number of carbonyl (C=O) groups is 2. The van der Waals surface area contributed by atoms with Crippen LogP contribution in [0.25, 0.3) is 16.9 Å². The van der Waals surface area contributed by atoms with Crippen molar-refractivity contribution in [2.75, 3.05) is 24.5 Å². The highest BCUT2D eigenvalue weighted by Crippen LogP contribution is 2.29. The highest BCUT2D eigenvalue weighted by Gasteiger charge is 2.23. The molecule has 3 aromatic rings. The number of carboxylic acid groups (broad SMARTS) is 1. The number of carbonyl (C=O) groups excluding carboxylic acids is 1. The molecule has 36 heavy (non-hydrogen) atoms. The van der Waals surface area contributed by atoms with E-state index in [1.165, 1.54) is 6.07 Å². The normalized spacial score (nSPS) is 16.2. The molecule has 4 heterocycles. The number of halogens is 1. The van der Waals surface area contributed by atoms with Crippen molar-refractivity contribution >= 4 is 23.2 Å². The lowest BCUT2D eigenvalue weighted by Crippen LogP contribution is -2.30. The molecule has 1 aromatic carbocycles. The van der Waals surface area contributed by atoms with Crippen molar-refractivity contribution in [3.05, 3.63) is 71.0 Å². The number of fused-ring (bicyclic) bond motifs is 1. The second kappa shape index (κ2) is 9.56. The van der Waals surface area contributed by atoms with E-state index in [1.807, 2.05) is 13.8 Å². The van der Waals surface area contributed by atoms with Gasteiger partial charge in [0.15, 0.2) is 5.65 Å². The Hall–Kier alpha value is -4.01. The number of benzene rings is 1.